The Bertz CT molecular complexity index is 548. The second-order valence-corrected chi connectivity index (χ2v) is 5.39. The molecule has 2 heteroatoms. The van der Waals surface area contributed by atoms with Gasteiger partial charge in [0.15, 0.2) is 0 Å². The standard InChI is InChI=1S/C19H25NO/c1-4-15(3)21-19-8-6-7-18(13-19)20-14-17-11-9-16(5-2)10-12-17/h6-13,15,20H,4-5,14H2,1-3H3. The van der Waals surface area contributed by atoms with Crippen LogP contribution < -0.4 is 10.1 Å². The molecule has 0 saturated carbocycles. The molecule has 112 valence electrons. The van der Waals surface area contributed by atoms with Crippen molar-refractivity contribution in [3.05, 3.63) is 59.7 Å². The van der Waals surface area contributed by atoms with Gasteiger partial charge in [-0.1, -0.05) is 44.2 Å². The zero-order chi connectivity index (χ0) is 15.1. The maximum Gasteiger partial charge on any atom is 0.121 e. The molecule has 0 aliphatic heterocycles. The highest BCUT2D eigenvalue weighted by Gasteiger charge is 2.02. The van der Waals surface area contributed by atoms with E-state index in [0.717, 1.165) is 30.8 Å². The topological polar surface area (TPSA) is 21.3 Å². The van der Waals surface area contributed by atoms with Crippen molar-refractivity contribution in [2.45, 2.75) is 46.3 Å². The minimum absolute atomic E-state index is 0.252. The SMILES string of the molecule is CCc1ccc(CNc2cccc(OC(C)CC)c2)cc1. The van der Waals surface area contributed by atoms with E-state index in [4.69, 9.17) is 4.74 Å². The van der Waals surface area contributed by atoms with Gasteiger partial charge >= 0.3 is 0 Å². The molecule has 0 amide bonds. The Morgan fingerprint density at radius 1 is 1.00 bits per heavy atom. The van der Waals surface area contributed by atoms with Crippen LogP contribution in [0.2, 0.25) is 0 Å². The van der Waals surface area contributed by atoms with Gasteiger partial charge in [-0.05, 0) is 43.0 Å². The minimum Gasteiger partial charge on any atom is -0.491 e. The average molecular weight is 283 g/mol. The first-order valence-electron chi connectivity index (χ1n) is 7.79. The summed E-state index contributed by atoms with van der Waals surface area (Å²) in [5.74, 6) is 0.927. The van der Waals surface area contributed by atoms with Gasteiger partial charge in [0.05, 0.1) is 6.10 Å². The van der Waals surface area contributed by atoms with E-state index in [1.54, 1.807) is 0 Å². The van der Waals surface area contributed by atoms with E-state index in [-0.39, 0.29) is 6.10 Å². The van der Waals surface area contributed by atoms with Crippen molar-refractivity contribution in [3.8, 4) is 5.75 Å². The molecule has 0 saturated heterocycles. The van der Waals surface area contributed by atoms with Crippen LogP contribution in [0, 0.1) is 0 Å². The minimum atomic E-state index is 0.252. The number of anilines is 1. The van der Waals surface area contributed by atoms with Crippen molar-refractivity contribution in [1.82, 2.24) is 0 Å². The zero-order valence-corrected chi connectivity index (χ0v) is 13.2. The Balaban J connectivity index is 1.94. The zero-order valence-electron chi connectivity index (χ0n) is 13.2. The highest BCUT2D eigenvalue weighted by Crippen LogP contribution is 2.20. The summed E-state index contributed by atoms with van der Waals surface area (Å²) in [6.45, 7) is 7.23. The Morgan fingerprint density at radius 3 is 2.38 bits per heavy atom. The van der Waals surface area contributed by atoms with Crippen molar-refractivity contribution in [1.29, 1.82) is 0 Å². The number of hydrogen-bond acceptors (Lipinski definition) is 2. The predicted octanol–water partition coefficient (Wildman–Crippen LogP) is 5.04. The Hall–Kier alpha value is -1.96. The Labute approximate surface area is 128 Å². The van der Waals surface area contributed by atoms with Gasteiger partial charge in [-0.25, -0.2) is 0 Å². The maximum absolute atomic E-state index is 5.85. The van der Waals surface area contributed by atoms with E-state index in [0.29, 0.717) is 0 Å². The lowest BCUT2D eigenvalue weighted by atomic mass is 10.1. The van der Waals surface area contributed by atoms with Crippen molar-refractivity contribution in [2.75, 3.05) is 5.32 Å². The molecule has 0 aliphatic rings. The molecule has 2 aromatic carbocycles. The molecule has 2 nitrogen and oxygen atoms in total. The van der Waals surface area contributed by atoms with Gasteiger partial charge in [-0.3, -0.25) is 0 Å². The number of benzene rings is 2. The lowest BCUT2D eigenvalue weighted by Crippen LogP contribution is -2.09. The van der Waals surface area contributed by atoms with Crippen LogP contribution in [0.1, 0.15) is 38.3 Å². The highest BCUT2D eigenvalue weighted by molar-refractivity contribution is 5.48. The van der Waals surface area contributed by atoms with Crippen LogP contribution in [0.5, 0.6) is 5.75 Å². The normalized spacial score (nSPS) is 12.0. The molecule has 21 heavy (non-hydrogen) atoms. The van der Waals surface area contributed by atoms with Crippen molar-refractivity contribution in [2.24, 2.45) is 0 Å². The van der Waals surface area contributed by atoms with Crippen LogP contribution in [0.3, 0.4) is 0 Å². The molecule has 1 unspecified atom stereocenters. The fraction of sp³-hybridized carbons (Fsp3) is 0.368. The van der Waals surface area contributed by atoms with E-state index >= 15 is 0 Å². The predicted molar refractivity (Wildman–Crippen MR) is 90.0 cm³/mol. The molecule has 2 aromatic rings. The summed E-state index contributed by atoms with van der Waals surface area (Å²) in [4.78, 5) is 0. The molecular weight excluding hydrogens is 258 g/mol. The van der Waals surface area contributed by atoms with E-state index in [1.807, 2.05) is 12.1 Å². The van der Waals surface area contributed by atoms with Gasteiger partial charge in [0, 0.05) is 18.3 Å². The molecule has 1 atom stereocenters. The second kappa shape index (κ2) is 7.72. The summed E-state index contributed by atoms with van der Waals surface area (Å²) >= 11 is 0. The lowest BCUT2D eigenvalue weighted by molar-refractivity contribution is 0.217. The van der Waals surface area contributed by atoms with Gasteiger partial charge in [0.2, 0.25) is 0 Å². The van der Waals surface area contributed by atoms with Crippen LogP contribution >= 0.6 is 0 Å². The van der Waals surface area contributed by atoms with E-state index < -0.39 is 0 Å². The van der Waals surface area contributed by atoms with Crippen LogP contribution in [0.4, 0.5) is 5.69 Å². The number of hydrogen-bond donors (Lipinski definition) is 1. The molecule has 0 bridgehead atoms. The summed E-state index contributed by atoms with van der Waals surface area (Å²) < 4.78 is 5.85. The molecule has 0 radical (unpaired) electrons. The van der Waals surface area contributed by atoms with Crippen molar-refractivity contribution >= 4 is 5.69 Å². The van der Waals surface area contributed by atoms with Crippen LogP contribution in [0.25, 0.3) is 0 Å². The van der Waals surface area contributed by atoms with Crippen LogP contribution in [-0.2, 0) is 13.0 Å². The third kappa shape index (κ3) is 4.82. The van der Waals surface area contributed by atoms with E-state index in [1.165, 1.54) is 11.1 Å². The van der Waals surface area contributed by atoms with E-state index in [9.17, 15) is 0 Å². The molecule has 0 fully saturated rings. The smallest absolute Gasteiger partial charge is 0.121 e. The molecule has 0 heterocycles. The highest BCUT2D eigenvalue weighted by atomic mass is 16.5. The molecular formula is C19H25NO. The monoisotopic (exact) mass is 283 g/mol. The first kappa shape index (κ1) is 15.4. The fourth-order valence-electron chi connectivity index (χ4n) is 2.09. The molecule has 0 spiro atoms. The van der Waals surface area contributed by atoms with Crippen LogP contribution in [-0.4, -0.2) is 6.10 Å². The van der Waals surface area contributed by atoms with Gasteiger partial charge in [-0.15, -0.1) is 0 Å². The number of nitrogens with one attached hydrogen (secondary N) is 1. The first-order chi connectivity index (χ1) is 10.2. The summed E-state index contributed by atoms with van der Waals surface area (Å²) in [6, 6.07) is 16.9. The van der Waals surface area contributed by atoms with E-state index in [2.05, 4.69) is 62.5 Å². The van der Waals surface area contributed by atoms with Gasteiger partial charge in [0.1, 0.15) is 5.75 Å². The largest absolute Gasteiger partial charge is 0.491 e. The molecule has 1 N–H and O–H groups in total. The maximum atomic E-state index is 5.85. The number of ether oxygens (including phenoxy) is 1. The Morgan fingerprint density at radius 2 is 1.71 bits per heavy atom. The summed E-state index contributed by atoms with van der Waals surface area (Å²) in [5.41, 5.74) is 3.76. The number of aryl methyl sites for hydroxylation is 1. The van der Waals surface area contributed by atoms with Crippen LogP contribution in [0.15, 0.2) is 48.5 Å². The van der Waals surface area contributed by atoms with Crippen molar-refractivity contribution < 1.29 is 4.74 Å². The Kier molecular flexibility index (Phi) is 5.68. The number of rotatable bonds is 7. The lowest BCUT2D eigenvalue weighted by Gasteiger charge is -2.14. The third-order valence-electron chi connectivity index (χ3n) is 3.67. The summed E-state index contributed by atoms with van der Waals surface area (Å²) in [7, 11) is 0. The summed E-state index contributed by atoms with van der Waals surface area (Å²) in [6.07, 6.45) is 2.35. The van der Waals surface area contributed by atoms with Gasteiger partial charge in [0.25, 0.3) is 0 Å². The fourth-order valence-corrected chi connectivity index (χ4v) is 2.09. The summed E-state index contributed by atoms with van der Waals surface area (Å²) in [5, 5.41) is 3.45. The van der Waals surface area contributed by atoms with Crippen molar-refractivity contribution in [3.63, 3.8) is 0 Å². The molecule has 2 rings (SSSR count). The van der Waals surface area contributed by atoms with Gasteiger partial charge < -0.3 is 10.1 Å². The molecule has 0 aromatic heterocycles. The average Bonchev–Trinajstić information content (AvgIpc) is 2.53. The van der Waals surface area contributed by atoms with Gasteiger partial charge in [-0.2, -0.15) is 0 Å². The first-order valence-corrected chi connectivity index (χ1v) is 7.79. The second-order valence-electron chi connectivity index (χ2n) is 5.39. The molecule has 0 aliphatic carbocycles. The third-order valence-corrected chi connectivity index (χ3v) is 3.67. The quantitative estimate of drug-likeness (QED) is 0.768.